The normalized spacial score (nSPS) is 15.7. The quantitative estimate of drug-likeness (QED) is 0.538. The number of nitrogens with two attached hydrogens (primary N) is 3. The molecule has 0 saturated carbocycles. The predicted octanol–water partition coefficient (Wildman–Crippen LogP) is 0.345. The molecule has 8 heteroatoms. The van der Waals surface area contributed by atoms with Crippen molar-refractivity contribution in [2.24, 2.45) is 5.73 Å². The number of nitriles is 1. The minimum absolute atomic E-state index is 0.00902. The second-order valence-electron chi connectivity index (χ2n) is 5.98. The van der Waals surface area contributed by atoms with Gasteiger partial charge in [-0.05, 0) is 23.2 Å². The second-order valence-corrected chi connectivity index (χ2v) is 5.98. The molecular formula is C18H19BN4O3. The lowest BCUT2D eigenvalue weighted by Crippen LogP contribution is -2.23. The first-order chi connectivity index (χ1) is 12.4. The fourth-order valence-corrected chi connectivity index (χ4v) is 3.25. The third kappa shape index (κ3) is 2.54. The number of rotatable bonds is 3. The molecule has 1 unspecified atom stereocenters. The van der Waals surface area contributed by atoms with Gasteiger partial charge in [-0.15, -0.1) is 0 Å². The van der Waals surface area contributed by atoms with E-state index in [0.717, 1.165) is 11.0 Å². The van der Waals surface area contributed by atoms with Crippen molar-refractivity contribution < 1.29 is 14.2 Å². The van der Waals surface area contributed by atoms with Crippen LogP contribution in [0.3, 0.4) is 0 Å². The summed E-state index contributed by atoms with van der Waals surface area (Å²) in [6.07, 6.45) is 0. The highest BCUT2D eigenvalue weighted by Gasteiger charge is 2.33. The summed E-state index contributed by atoms with van der Waals surface area (Å²) in [5.41, 5.74) is 21.3. The molecule has 0 bridgehead atoms. The van der Waals surface area contributed by atoms with Gasteiger partial charge in [-0.3, -0.25) is 0 Å². The molecule has 6 N–H and O–H groups in total. The van der Waals surface area contributed by atoms with Crippen LogP contribution in [-0.4, -0.2) is 22.1 Å². The third-order valence-corrected chi connectivity index (χ3v) is 4.48. The molecular weight excluding hydrogens is 331 g/mol. The monoisotopic (exact) mass is 350 g/mol. The smallest absolute Gasteiger partial charge is 0.205 e. The van der Waals surface area contributed by atoms with Crippen LogP contribution in [-0.2, 0) is 0 Å². The Morgan fingerprint density at radius 1 is 1.15 bits per heavy atom. The van der Waals surface area contributed by atoms with Gasteiger partial charge in [0.1, 0.15) is 19.5 Å². The largest absolute Gasteiger partial charge is 0.493 e. The Labute approximate surface area is 152 Å². The van der Waals surface area contributed by atoms with Crippen LogP contribution in [0.5, 0.6) is 17.2 Å². The Hall–Kier alpha value is -3.47. The van der Waals surface area contributed by atoms with Crippen molar-refractivity contribution in [3.05, 3.63) is 46.8 Å². The van der Waals surface area contributed by atoms with Crippen LogP contribution in [0, 0.1) is 11.3 Å². The predicted molar refractivity (Wildman–Crippen MR) is 102 cm³/mol. The van der Waals surface area contributed by atoms with E-state index in [2.05, 4.69) is 6.07 Å². The van der Waals surface area contributed by atoms with E-state index in [0.29, 0.717) is 39.8 Å². The highest BCUT2D eigenvalue weighted by Crippen LogP contribution is 2.47. The van der Waals surface area contributed by atoms with Crippen molar-refractivity contribution in [1.29, 1.82) is 5.26 Å². The lowest BCUT2D eigenvalue weighted by Gasteiger charge is -2.28. The van der Waals surface area contributed by atoms with E-state index in [1.54, 1.807) is 26.4 Å². The van der Waals surface area contributed by atoms with Crippen LogP contribution in [0.25, 0.3) is 0 Å². The number of benzene rings is 2. The molecule has 1 atom stereocenters. The molecule has 0 amide bonds. The van der Waals surface area contributed by atoms with Gasteiger partial charge in [0.15, 0.2) is 17.2 Å². The van der Waals surface area contributed by atoms with Crippen molar-refractivity contribution in [3.8, 4) is 23.3 Å². The maximum Gasteiger partial charge on any atom is 0.205 e. The van der Waals surface area contributed by atoms with Crippen LogP contribution in [0.15, 0.2) is 35.7 Å². The summed E-state index contributed by atoms with van der Waals surface area (Å²) in [6, 6.07) is 9.38. The van der Waals surface area contributed by atoms with Crippen LogP contribution >= 0.6 is 0 Å². The van der Waals surface area contributed by atoms with Gasteiger partial charge in [0, 0.05) is 5.56 Å². The number of nitrogen functional groups attached to an aromatic ring is 2. The van der Waals surface area contributed by atoms with Gasteiger partial charge in [-0.1, -0.05) is 12.1 Å². The molecule has 1 heterocycles. The summed E-state index contributed by atoms with van der Waals surface area (Å²) in [5, 5.41) is 9.66. The number of anilines is 2. The highest BCUT2D eigenvalue weighted by molar-refractivity contribution is 6.34. The highest BCUT2D eigenvalue weighted by atomic mass is 16.5. The Morgan fingerprint density at radius 3 is 2.50 bits per heavy atom. The molecule has 0 radical (unpaired) electrons. The summed E-state index contributed by atoms with van der Waals surface area (Å²) in [5.74, 6) is 1.13. The molecule has 2 aromatic rings. The minimum Gasteiger partial charge on any atom is -0.493 e. The van der Waals surface area contributed by atoms with E-state index in [-0.39, 0.29) is 5.88 Å². The standard InChI is InChI=1S/C18H19BN4O3/c1-24-13-6-8(5-11(19)17(13)25-2)14-9-3-4-12(21)15(22)16(9)26-18(23)10(14)7-20/h3-6,14H,19,21-23H2,1-2H3. The third-order valence-electron chi connectivity index (χ3n) is 4.48. The maximum atomic E-state index is 9.66. The van der Waals surface area contributed by atoms with Gasteiger partial charge in [0.2, 0.25) is 5.88 Å². The molecule has 2 aromatic carbocycles. The SMILES string of the molecule is Bc1cc(C2C(C#N)=C(N)Oc3c2ccc(N)c3N)cc(OC)c1OC. The zero-order valence-electron chi connectivity index (χ0n) is 14.8. The Morgan fingerprint density at radius 2 is 1.88 bits per heavy atom. The molecule has 0 aromatic heterocycles. The number of allylic oxidation sites excluding steroid dienone is 1. The fraction of sp³-hybridized carbons (Fsp3) is 0.167. The number of ether oxygens (including phenoxy) is 3. The molecule has 132 valence electrons. The van der Waals surface area contributed by atoms with Crippen LogP contribution in [0.4, 0.5) is 11.4 Å². The lowest BCUT2D eigenvalue weighted by atomic mass is 9.80. The van der Waals surface area contributed by atoms with Gasteiger partial charge in [0.25, 0.3) is 0 Å². The lowest BCUT2D eigenvalue weighted by molar-refractivity contribution is 0.356. The summed E-state index contributed by atoms with van der Waals surface area (Å²) < 4.78 is 16.4. The van der Waals surface area contributed by atoms with E-state index in [4.69, 9.17) is 31.4 Å². The number of nitrogens with zero attached hydrogens (tertiary/aromatic N) is 1. The summed E-state index contributed by atoms with van der Waals surface area (Å²) in [6.45, 7) is 0. The topological polar surface area (TPSA) is 130 Å². The molecule has 0 fully saturated rings. The Bertz CT molecular complexity index is 966. The molecule has 3 rings (SSSR count). The zero-order chi connectivity index (χ0) is 19.0. The Kier molecular flexibility index (Phi) is 4.30. The van der Waals surface area contributed by atoms with Gasteiger partial charge < -0.3 is 31.4 Å². The van der Waals surface area contributed by atoms with Crippen molar-refractivity contribution in [3.63, 3.8) is 0 Å². The zero-order valence-corrected chi connectivity index (χ0v) is 14.8. The molecule has 1 aliphatic rings. The first kappa shape index (κ1) is 17.4. The second kappa shape index (κ2) is 6.45. The molecule has 7 nitrogen and oxygen atoms in total. The van der Waals surface area contributed by atoms with Gasteiger partial charge in [-0.2, -0.15) is 5.26 Å². The first-order valence-corrected chi connectivity index (χ1v) is 7.90. The molecule has 0 spiro atoms. The van der Waals surface area contributed by atoms with Crippen molar-refractivity contribution in [2.45, 2.75) is 5.92 Å². The summed E-state index contributed by atoms with van der Waals surface area (Å²) >= 11 is 0. The van der Waals surface area contributed by atoms with E-state index < -0.39 is 5.92 Å². The van der Waals surface area contributed by atoms with Gasteiger partial charge in [0.05, 0.1) is 31.5 Å². The minimum atomic E-state index is -0.454. The number of methoxy groups -OCH3 is 2. The van der Waals surface area contributed by atoms with Crippen molar-refractivity contribution in [2.75, 3.05) is 25.7 Å². The number of hydrogen-bond donors (Lipinski definition) is 3. The average Bonchev–Trinajstić information content (AvgIpc) is 2.63. The van der Waals surface area contributed by atoms with Crippen LogP contribution in [0.2, 0.25) is 0 Å². The van der Waals surface area contributed by atoms with Crippen LogP contribution in [0.1, 0.15) is 17.0 Å². The maximum absolute atomic E-state index is 9.66. The summed E-state index contributed by atoms with van der Waals surface area (Å²) in [4.78, 5) is 0. The first-order valence-electron chi connectivity index (χ1n) is 7.90. The molecule has 0 saturated heterocycles. The average molecular weight is 350 g/mol. The van der Waals surface area contributed by atoms with E-state index in [1.165, 1.54) is 0 Å². The van der Waals surface area contributed by atoms with E-state index in [9.17, 15) is 5.26 Å². The van der Waals surface area contributed by atoms with Gasteiger partial charge >= 0.3 is 0 Å². The summed E-state index contributed by atoms with van der Waals surface area (Å²) in [7, 11) is 5.05. The molecule has 1 aliphatic heterocycles. The molecule has 0 aliphatic carbocycles. The Balaban J connectivity index is 2.29. The number of hydrogen-bond acceptors (Lipinski definition) is 7. The molecule has 26 heavy (non-hydrogen) atoms. The van der Waals surface area contributed by atoms with Crippen LogP contribution < -0.4 is 36.9 Å². The van der Waals surface area contributed by atoms with Crippen molar-refractivity contribution in [1.82, 2.24) is 0 Å². The van der Waals surface area contributed by atoms with Gasteiger partial charge in [-0.25, -0.2) is 0 Å². The van der Waals surface area contributed by atoms with E-state index >= 15 is 0 Å². The van der Waals surface area contributed by atoms with Crippen molar-refractivity contribution >= 4 is 24.7 Å². The van der Waals surface area contributed by atoms with E-state index in [1.807, 2.05) is 20.0 Å². The number of fused-ring (bicyclic) bond motifs is 1. The fourth-order valence-electron chi connectivity index (χ4n) is 3.25.